The van der Waals surface area contributed by atoms with E-state index in [1.54, 1.807) is 18.2 Å². The summed E-state index contributed by atoms with van der Waals surface area (Å²) in [4.78, 5) is 26.2. The van der Waals surface area contributed by atoms with Crippen molar-refractivity contribution in [2.24, 2.45) is 0 Å². The van der Waals surface area contributed by atoms with Crippen LogP contribution < -0.4 is 5.32 Å². The number of alkyl halides is 2. The Balaban J connectivity index is 2.02. The van der Waals surface area contributed by atoms with Crippen molar-refractivity contribution in [3.05, 3.63) is 33.8 Å². The molecule has 0 bridgehead atoms. The third kappa shape index (κ3) is 4.23. The molecule has 1 fully saturated rings. The van der Waals surface area contributed by atoms with E-state index in [0.29, 0.717) is 15.6 Å². The molecule has 0 saturated carbocycles. The average molecular weight is 366 g/mol. The molecular formula is C14H15Cl2F2N3O2. The minimum Gasteiger partial charge on any atom is -0.350 e. The van der Waals surface area contributed by atoms with Crippen LogP contribution in [-0.2, 0) is 11.3 Å². The first-order valence-electron chi connectivity index (χ1n) is 6.81. The van der Waals surface area contributed by atoms with Gasteiger partial charge in [-0.3, -0.25) is 4.79 Å². The van der Waals surface area contributed by atoms with Gasteiger partial charge >= 0.3 is 6.03 Å². The van der Waals surface area contributed by atoms with Crippen LogP contribution in [0.4, 0.5) is 13.6 Å². The third-order valence-corrected chi connectivity index (χ3v) is 4.09. The fourth-order valence-electron chi connectivity index (χ4n) is 2.33. The number of halogens is 4. The highest BCUT2D eigenvalue weighted by Gasteiger charge is 2.40. The Morgan fingerprint density at radius 3 is 2.74 bits per heavy atom. The number of nitrogens with one attached hydrogen (secondary N) is 1. The molecule has 1 N–H and O–H groups in total. The lowest BCUT2D eigenvalue weighted by molar-refractivity contribution is -0.125. The molecule has 1 saturated heterocycles. The number of likely N-dealkylation sites (N-methyl/N-ethyl adjacent to an activating group) is 1. The Kier molecular flexibility index (Phi) is 5.64. The van der Waals surface area contributed by atoms with Gasteiger partial charge < -0.3 is 15.1 Å². The van der Waals surface area contributed by atoms with Crippen molar-refractivity contribution in [1.29, 1.82) is 0 Å². The summed E-state index contributed by atoms with van der Waals surface area (Å²) in [6.45, 7) is -0.597. The van der Waals surface area contributed by atoms with E-state index < -0.39 is 31.0 Å². The van der Waals surface area contributed by atoms with Crippen molar-refractivity contribution in [3.8, 4) is 0 Å². The van der Waals surface area contributed by atoms with E-state index in [2.05, 4.69) is 5.32 Å². The predicted molar refractivity (Wildman–Crippen MR) is 82.8 cm³/mol. The molecule has 0 spiro atoms. The second-order valence-corrected chi connectivity index (χ2v) is 6.02. The van der Waals surface area contributed by atoms with Gasteiger partial charge in [0.1, 0.15) is 6.04 Å². The highest BCUT2D eigenvalue weighted by molar-refractivity contribution is 6.35. The smallest absolute Gasteiger partial charge is 0.320 e. The molecule has 126 valence electrons. The third-order valence-electron chi connectivity index (χ3n) is 3.50. The van der Waals surface area contributed by atoms with Crippen molar-refractivity contribution in [2.75, 3.05) is 20.1 Å². The van der Waals surface area contributed by atoms with Crippen molar-refractivity contribution in [1.82, 2.24) is 15.1 Å². The molecule has 23 heavy (non-hydrogen) atoms. The zero-order valence-electron chi connectivity index (χ0n) is 12.2. The van der Waals surface area contributed by atoms with Crippen molar-refractivity contribution in [2.45, 2.75) is 19.0 Å². The van der Waals surface area contributed by atoms with Crippen LogP contribution in [-0.4, -0.2) is 54.3 Å². The van der Waals surface area contributed by atoms with Crippen LogP contribution in [0.3, 0.4) is 0 Å². The Morgan fingerprint density at radius 2 is 2.13 bits per heavy atom. The Hall–Kier alpha value is -1.60. The minimum absolute atomic E-state index is 0.0612. The summed E-state index contributed by atoms with van der Waals surface area (Å²) in [5.41, 5.74) is 0.641. The lowest BCUT2D eigenvalue weighted by Gasteiger charge is -2.22. The Labute approximate surface area is 142 Å². The summed E-state index contributed by atoms with van der Waals surface area (Å²) >= 11 is 11.8. The molecule has 5 nitrogen and oxygen atoms in total. The Morgan fingerprint density at radius 1 is 1.43 bits per heavy atom. The summed E-state index contributed by atoms with van der Waals surface area (Å²) < 4.78 is 25.2. The van der Waals surface area contributed by atoms with Crippen molar-refractivity contribution < 1.29 is 18.4 Å². The van der Waals surface area contributed by atoms with E-state index >= 15 is 0 Å². The van der Waals surface area contributed by atoms with Gasteiger partial charge in [-0.05, 0) is 17.7 Å². The molecule has 0 radical (unpaired) electrons. The molecule has 0 aliphatic carbocycles. The number of hydrogen-bond donors (Lipinski definition) is 1. The summed E-state index contributed by atoms with van der Waals surface area (Å²) in [5.74, 6) is -0.505. The molecule has 1 unspecified atom stereocenters. The zero-order valence-corrected chi connectivity index (χ0v) is 13.7. The molecule has 1 atom stereocenters. The molecule has 3 amide bonds. The second kappa shape index (κ2) is 7.31. The van der Waals surface area contributed by atoms with E-state index in [1.165, 1.54) is 11.9 Å². The normalized spacial score (nSPS) is 18.0. The molecule has 9 heteroatoms. The highest BCUT2D eigenvalue weighted by atomic mass is 35.5. The number of rotatable bonds is 5. The van der Waals surface area contributed by atoms with Crippen LogP contribution in [0.5, 0.6) is 0 Å². The van der Waals surface area contributed by atoms with E-state index in [1.807, 2.05) is 0 Å². The quantitative estimate of drug-likeness (QED) is 0.871. The molecule has 1 heterocycles. The van der Waals surface area contributed by atoms with Crippen molar-refractivity contribution >= 4 is 35.1 Å². The summed E-state index contributed by atoms with van der Waals surface area (Å²) in [5, 5.41) is 3.47. The lowest BCUT2D eigenvalue weighted by atomic mass is 10.2. The molecule has 1 aromatic carbocycles. The Bertz CT molecular complexity index is 616. The van der Waals surface area contributed by atoms with Crippen LogP contribution >= 0.6 is 23.2 Å². The van der Waals surface area contributed by atoms with Crippen LogP contribution in [0, 0.1) is 0 Å². The average Bonchev–Trinajstić information content (AvgIpc) is 2.74. The van der Waals surface area contributed by atoms with Gasteiger partial charge in [-0.1, -0.05) is 29.3 Å². The van der Waals surface area contributed by atoms with E-state index in [-0.39, 0.29) is 13.1 Å². The number of carbonyl (C=O) groups excluding carboxylic acids is 2. The SMILES string of the molecule is CN1CC(C(=O)NCc2ccc(Cl)cc2Cl)N(CC(F)F)C1=O. The highest BCUT2D eigenvalue weighted by Crippen LogP contribution is 2.21. The van der Waals surface area contributed by atoms with Gasteiger partial charge in [-0.15, -0.1) is 0 Å². The van der Waals surface area contributed by atoms with Crippen LogP contribution in [0.25, 0.3) is 0 Å². The predicted octanol–water partition coefficient (Wildman–Crippen LogP) is 2.61. The van der Waals surface area contributed by atoms with Crippen LogP contribution in [0.1, 0.15) is 5.56 Å². The molecule has 1 aliphatic heterocycles. The molecular weight excluding hydrogens is 351 g/mol. The number of hydrogen-bond acceptors (Lipinski definition) is 2. The van der Waals surface area contributed by atoms with E-state index in [0.717, 1.165) is 4.90 Å². The number of benzene rings is 1. The van der Waals surface area contributed by atoms with E-state index in [9.17, 15) is 18.4 Å². The van der Waals surface area contributed by atoms with E-state index in [4.69, 9.17) is 23.2 Å². The molecule has 1 aromatic rings. The van der Waals surface area contributed by atoms with Gasteiger partial charge in [0.05, 0.1) is 13.1 Å². The minimum atomic E-state index is -2.70. The monoisotopic (exact) mass is 365 g/mol. The first-order valence-corrected chi connectivity index (χ1v) is 7.56. The maximum atomic E-state index is 12.6. The lowest BCUT2D eigenvalue weighted by Crippen LogP contribution is -2.47. The summed E-state index contributed by atoms with van der Waals surface area (Å²) in [6, 6.07) is 3.29. The van der Waals surface area contributed by atoms with Crippen LogP contribution in [0.15, 0.2) is 18.2 Å². The van der Waals surface area contributed by atoms with Crippen molar-refractivity contribution in [3.63, 3.8) is 0 Å². The number of amides is 3. The topological polar surface area (TPSA) is 52.7 Å². The van der Waals surface area contributed by atoms with Crippen LogP contribution in [0.2, 0.25) is 10.0 Å². The standard InChI is InChI=1S/C14H15Cl2F2N3O2/c1-20-6-11(21(14(20)23)7-12(17)18)13(22)19-5-8-2-3-9(15)4-10(8)16/h2-4,11-12H,5-7H2,1H3,(H,19,22). The van der Waals surface area contributed by atoms with Gasteiger partial charge in [0.2, 0.25) is 5.91 Å². The zero-order chi connectivity index (χ0) is 17.1. The summed E-state index contributed by atoms with van der Waals surface area (Å²) in [7, 11) is 1.46. The molecule has 0 aromatic heterocycles. The first-order chi connectivity index (χ1) is 10.8. The second-order valence-electron chi connectivity index (χ2n) is 5.18. The first kappa shape index (κ1) is 17.7. The van der Waals surface area contributed by atoms with Gasteiger partial charge in [0.15, 0.2) is 0 Å². The summed E-state index contributed by atoms with van der Waals surface area (Å²) in [6.07, 6.45) is -2.70. The fraction of sp³-hybridized carbons (Fsp3) is 0.429. The largest absolute Gasteiger partial charge is 0.350 e. The molecule has 2 rings (SSSR count). The van der Waals surface area contributed by atoms with Gasteiger partial charge in [-0.2, -0.15) is 0 Å². The molecule has 1 aliphatic rings. The fourth-order valence-corrected chi connectivity index (χ4v) is 2.81. The van der Waals surface area contributed by atoms with Gasteiger partial charge in [0, 0.05) is 23.6 Å². The maximum absolute atomic E-state index is 12.6. The maximum Gasteiger partial charge on any atom is 0.320 e. The number of nitrogens with zero attached hydrogens (tertiary/aromatic N) is 2. The van der Waals surface area contributed by atoms with Gasteiger partial charge in [0.25, 0.3) is 6.43 Å². The number of carbonyl (C=O) groups is 2. The number of urea groups is 1. The van der Waals surface area contributed by atoms with Gasteiger partial charge in [-0.25, -0.2) is 13.6 Å².